The van der Waals surface area contributed by atoms with E-state index < -0.39 is 13.4 Å². The summed E-state index contributed by atoms with van der Waals surface area (Å²) >= 11 is 0. The summed E-state index contributed by atoms with van der Waals surface area (Å²) in [5, 5.41) is 0. The van der Waals surface area contributed by atoms with Crippen LogP contribution >= 0.6 is 7.37 Å². The van der Waals surface area contributed by atoms with E-state index in [1.165, 1.54) is 0 Å². The second-order valence-electron chi connectivity index (χ2n) is 4.01. The van der Waals surface area contributed by atoms with E-state index in [0.717, 1.165) is 5.56 Å². The fourth-order valence-electron chi connectivity index (χ4n) is 1.80. The first-order valence-electron chi connectivity index (χ1n) is 6.66. The molecule has 0 bridgehead atoms. The Hall–Kier alpha value is -0.670. The predicted molar refractivity (Wildman–Crippen MR) is 76.4 cm³/mol. The average Bonchev–Trinajstić information content (AvgIpc) is 2.40. The zero-order valence-corrected chi connectivity index (χ0v) is 12.8. The monoisotopic (exact) mass is 286 g/mol. The Kier molecular flexibility index (Phi) is 7.32. The van der Waals surface area contributed by atoms with Crippen molar-refractivity contribution < 1.29 is 18.6 Å². The van der Waals surface area contributed by atoms with Gasteiger partial charge in [-0.25, -0.2) is 0 Å². The first-order valence-corrected chi connectivity index (χ1v) is 8.54. The van der Waals surface area contributed by atoms with Crippen LogP contribution in [0.1, 0.15) is 26.3 Å². The minimum absolute atomic E-state index is 0.326. The van der Waals surface area contributed by atoms with E-state index in [4.69, 9.17) is 14.0 Å². The fraction of sp³-hybridized carbons (Fsp3) is 0.571. The molecule has 0 spiro atoms. The molecular weight excluding hydrogens is 263 g/mol. The van der Waals surface area contributed by atoms with Gasteiger partial charge >= 0.3 is 0 Å². The predicted octanol–water partition coefficient (Wildman–Crippen LogP) is 3.86. The van der Waals surface area contributed by atoms with E-state index in [0.29, 0.717) is 26.0 Å². The summed E-state index contributed by atoms with van der Waals surface area (Å²) in [6.45, 7) is 6.79. The molecule has 0 amide bonds. The summed E-state index contributed by atoms with van der Waals surface area (Å²) in [6.07, 6.45) is 0.326. The molecule has 19 heavy (non-hydrogen) atoms. The Morgan fingerprint density at radius 2 is 1.58 bits per heavy atom. The lowest BCUT2D eigenvalue weighted by molar-refractivity contribution is -0.0890. The number of ether oxygens (including phenoxy) is 2. The van der Waals surface area contributed by atoms with Gasteiger partial charge in [0.15, 0.2) is 0 Å². The van der Waals surface area contributed by atoms with Gasteiger partial charge in [-0.1, -0.05) is 30.3 Å². The largest absolute Gasteiger partial charge is 0.345 e. The van der Waals surface area contributed by atoms with Gasteiger partial charge in [0.25, 0.3) is 7.37 Å². The number of hydrogen-bond donors (Lipinski definition) is 0. The van der Waals surface area contributed by atoms with Gasteiger partial charge in [0.05, 0.1) is 12.8 Å². The fourth-order valence-corrected chi connectivity index (χ4v) is 4.07. The third-order valence-corrected chi connectivity index (χ3v) is 4.97. The van der Waals surface area contributed by atoms with Crippen LogP contribution in [0.2, 0.25) is 0 Å². The van der Waals surface area contributed by atoms with Crippen LogP contribution in [0.3, 0.4) is 0 Å². The van der Waals surface area contributed by atoms with Crippen LogP contribution in [-0.2, 0) is 24.7 Å². The van der Waals surface area contributed by atoms with Crippen molar-refractivity contribution in [1.29, 1.82) is 0 Å². The summed E-state index contributed by atoms with van der Waals surface area (Å²) < 4.78 is 29.4. The third-order valence-electron chi connectivity index (χ3n) is 2.53. The summed E-state index contributed by atoms with van der Waals surface area (Å²) in [5.74, 6) is 0. The van der Waals surface area contributed by atoms with E-state index in [-0.39, 0.29) is 0 Å². The van der Waals surface area contributed by atoms with Crippen molar-refractivity contribution in [1.82, 2.24) is 0 Å². The Bertz CT molecular complexity index is 388. The van der Waals surface area contributed by atoms with Gasteiger partial charge in [-0.3, -0.25) is 4.57 Å². The highest BCUT2D eigenvalue weighted by atomic mass is 31.2. The highest BCUT2D eigenvalue weighted by Gasteiger charge is 2.35. The van der Waals surface area contributed by atoms with Crippen LogP contribution in [0.15, 0.2) is 30.3 Å². The highest BCUT2D eigenvalue weighted by molar-refractivity contribution is 7.58. The Balaban J connectivity index is 2.90. The van der Waals surface area contributed by atoms with Gasteiger partial charge in [-0.15, -0.1) is 0 Å². The van der Waals surface area contributed by atoms with Crippen LogP contribution in [0.25, 0.3) is 0 Å². The van der Waals surface area contributed by atoms with Crippen molar-refractivity contribution in [3.05, 3.63) is 35.9 Å². The average molecular weight is 286 g/mol. The highest BCUT2D eigenvalue weighted by Crippen LogP contribution is 2.55. The zero-order chi connectivity index (χ0) is 14.1. The van der Waals surface area contributed by atoms with Crippen molar-refractivity contribution in [3.8, 4) is 0 Å². The Labute approximate surface area is 115 Å². The molecule has 0 aromatic heterocycles. The second kappa shape index (κ2) is 8.49. The molecule has 1 aromatic rings. The quantitative estimate of drug-likeness (QED) is 0.511. The van der Waals surface area contributed by atoms with Gasteiger partial charge in [-0.2, -0.15) is 0 Å². The number of benzene rings is 1. The summed E-state index contributed by atoms with van der Waals surface area (Å²) in [7, 11) is -3.03. The van der Waals surface area contributed by atoms with Gasteiger partial charge in [0.2, 0.25) is 6.03 Å². The van der Waals surface area contributed by atoms with E-state index in [1.54, 1.807) is 0 Å². The maximum Gasteiger partial charge on any atom is 0.261 e. The van der Waals surface area contributed by atoms with E-state index >= 15 is 0 Å². The van der Waals surface area contributed by atoms with Gasteiger partial charge in [0, 0.05) is 13.2 Å². The molecule has 108 valence electrons. The first kappa shape index (κ1) is 16.4. The van der Waals surface area contributed by atoms with E-state index in [9.17, 15) is 4.57 Å². The van der Waals surface area contributed by atoms with Crippen molar-refractivity contribution in [2.24, 2.45) is 0 Å². The second-order valence-corrected chi connectivity index (χ2v) is 6.45. The van der Waals surface area contributed by atoms with Crippen LogP contribution in [0, 0.1) is 0 Å². The molecule has 0 radical (unpaired) electrons. The zero-order valence-electron chi connectivity index (χ0n) is 11.9. The molecule has 1 atom stereocenters. The molecule has 1 aromatic carbocycles. The summed E-state index contributed by atoms with van der Waals surface area (Å²) in [4.78, 5) is 0. The molecule has 4 nitrogen and oxygen atoms in total. The lowest BCUT2D eigenvalue weighted by Gasteiger charge is -2.26. The Morgan fingerprint density at radius 3 is 2.05 bits per heavy atom. The smallest absolute Gasteiger partial charge is 0.261 e. The minimum atomic E-state index is -3.03. The molecule has 0 heterocycles. The SMILES string of the molecule is CCOC(OCC)[P@](=O)(Cc1ccccc1)OCC. The van der Waals surface area contributed by atoms with Gasteiger partial charge in [-0.05, 0) is 26.3 Å². The lowest BCUT2D eigenvalue weighted by Crippen LogP contribution is -2.20. The Morgan fingerprint density at radius 1 is 1.00 bits per heavy atom. The molecule has 0 unspecified atom stereocenters. The molecule has 0 saturated heterocycles. The maximum atomic E-state index is 13.0. The molecule has 0 aliphatic heterocycles. The molecule has 0 fully saturated rings. The third kappa shape index (κ3) is 5.07. The summed E-state index contributed by atoms with van der Waals surface area (Å²) in [5.41, 5.74) is 0.962. The van der Waals surface area contributed by atoms with Crippen molar-refractivity contribution in [3.63, 3.8) is 0 Å². The van der Waals surface area contributed by atoms with Crippen LogP contribution in [0.5, 0.6) is 0 Å². The van der Waals surface area contributed by atoms with Gasteiger partial charge in [0.1, 0.15) is 0 Å². The standard InChI is InChI=1S/C14H23O4P/c1-4-16-14(17-5-2)19(15,18-6-3)12-13-10-8-7-9-11-13/h7-11,14H,4-6,12H2,1-3H3/t19-/m0/s1. The van der Waals surface area contributed by atoms with Crippen molar-refractivity contribution >= 4 is 7.37 Å². The topological polar surface area (TPSA) is 44.8 Å². The summed E-state index contributed by atoms with van der Waals surface area (Å²) in [6, 6.07) is 8.84. The lowest BCUT2D eigenvalue weighted by atomic mass is 10.2. The first-order chi connectivity index (χ1) is 9.16. The molecule has 0 aliphatic rings. The molecule has 5 heteroatoms. The molecule has 0 N–H and O–H groups in total. The molecule has 0 aliphatic carbocycles. The van der Waals surface area contributed by atoms with Crippen molar-refractivity contribution in [2.45, 2.75) is 33.0 Å². The molecule has 1 rings (SSSR count). The van der Waals surface area contributed by atoms with E-state index in [2.05, 4.69) is 0 Å². The molecule has 0 saturated carbocycles. The molecular formula is C14H23O4P. The minimum Gasteiger partial charge on any atom is -0.345 e. The van der Waals surface area contributed by atoms with Gasteiger partial charge < -0.3 is 14.0 Å². The maximum absolute atomic E-state index is 13.0. The van der Waals surface area contributed by atoms with Crippen LogP contribution < -0.4 is 0 Å². The van der Waals surface area contributed by atoms with Crippen LogP contribution in [-0.4, -0.2) is 25.9 Å². The normalized spacial score (nSPS) is 14.5. The van der Waals surface area contributed by atoms with Crippen LogP contribution in [0.4, 0.5) is 0 Å². The number of hydrogen-bond acceptors (Lipinski definition) is 4. The van der Waals surface area contributed by atoms with Crippen molar-refractivity contribution in [2.75, 3.05) is 19.8 Å². The number of rotatable bonds is 9. The van der Waals surface area contributed by atoms with E-state index in [1.807, 2.05) is 51.1 Å².